The van der Waals surface area contributed by atoms with E-state index in [4.69, 9.17) is 15.2 Å². The maximum atomic E-state index is 13.8. The van der Waals surface area contributed by atoms with E-state index in [1.807, 2.05) is 7.05 Å². The minimum Gasteiger partial charge on any atom is -0.495 e. The Morgan fingerprint density at radius 1 is 0.658 bits per heavy atom. The molecule has 8 rings (SSSR count). The molecular weight excluding hydrogens is 1020 g/mol. The van der Waals surface area contributed by atoms with Crippen molar-refractivity contribution >= 4 is 45.1 Å². The molecule has 25 heteroatoms. The topological polar surface area (TPSA) is 231 Å². The van der Waals surface area contributed by atoms with E-state index < -0.39 is 39.5 Å². The number of anilines is 4. The summed E-state index contributed by atoms with van der Waals surface area (Å²) in [5.74, 6) is -0.220. The minimum atomic E-state index is -4.67. The number of carbonyl (C=O) groups excluding carboxylic acids is 2. The fourth-order valence-corrected chi connectivity index (χ4v) is 11.1. The van der Waals surface area contributed by atoms with Crippen LogP contribution in [0.25, 0.3) is 0 Å². The number of sulfonamides is 1. The molecule has 416 valence electrons. The van der Waals surface area contributed by atoms with Gasteiger partial charge in [-0.3, -0.25) is 9.59 Å². The number of amides is 2. The molecule has 2 amide bonds. The molecule has 2 aromatic heterocycles. The third-order valence-corrected chi connectivity index (χ3v) is 15.3. The number of nitrogens with two attached hydrogens (primary N) is 1. The average molecular weight is 1090 g/mol. The van der Waals surface area contributed by atoms with Crippen molar-refractivity contribution in [3.8, 4) is 11.5 Å². The van der Waals surface area contributed by atoms with Gasteiger partial charge in [0.2, 0.25) is 21.9 Å². The summed E-state index contributed by atoms with van der Waals surface area (Å²) in [5, 5.41) is 12.0. The van der Waals surface area contributed by atoms with Crippen LogP contribution >= 0.6 is 0 Å². The smallest absolute Gasteiger partial charge is 0.419 e. The van der Waals surface area contributed by atoms with Gasteiger partial charge >= 0.3 is 12.4 Å². The number of benzene rings is 2. The van der Waals surface area contributed by atoms with Crippen molar-refractivity contribution in [1.29, 1.82) is 0 Å². The number of ether oxygens (including phenoxy) is 2. The van der Waals surface area contributed by atoms with Crippen molar-refractivity contribution in [2.75, 3.05) is 71.4 Å². The second-order valence-corrected chi connectivity index (χ2v) is 22.0. The van der Waals surface area contributed by atoms with Crippen LogP contribution in [-0.4, -0.2) is 135 Å². The quantitative estimate of drug-likeness (QED) is 0.0616. The lowest BCUT2D eigenvalue weighted by Gasteiger charge is -2.29. The summed E-state index contributed by atoms with van der Waals surface area (Å²) in [5.41, 5.74) is 5.64. The number of rotatable bonds is 16. The largest absolute Gasteiger partial charge is 0.495 e. The molecule has 76 heavy (non-hydrogen) atoms. The number of nitrogens with zero attached hydrogens (tertiary/aromatic N) is 6. The number of likely N-dealkylation sites (tertiary alicyclic amines) is 2. The highest BCUT2D eigenvalue weighted by Crippen LogP contribution is 2.38. The molecule has 4 aromatic rings. The Kier molecular flexibility index (Phi) is 19.1. The number of hydrogen-bond donors (Lipinski definition) is 6. The zero-order chi connectivity index (χ0) is 55.0. The molecule has 2 saturated heterocycles. The third-order valence-electron chi connectivity index (χ3n) is 14.5. The van der Waals surface area contributed by atoms with Gasteiger partial charge in [-0.15, -0.1) is 0 Å². The van der Waals surface area contributed by atoms with Gasteiger partial charge in [-0.2, -0.15) is 26.3 Å². The Morgan fingerprint density at radius 2 is 1.08 bits per heavy atom. The van der Waals surface area contributed by atoms with Gasteiger partial charge in [0.15, 0.2) is 0 Å². The van der Waals surface area contributed by atoms with Gasteiger partial charge in [0.25, 0.3) is 11.8 Å². The van der Waals surface area contributed by atoms with Gasteiger partial charge in [0.05, 0.1) is 54.4 Å². The monoisotopic (exact) mass is 1090 g/mol. The van der Waals surface area contributed by atoms with E-state index in [1.165, 1.54) is 14.2 Å². The molecule has 7 N–H and O–H groups in total. The van der Waals surface area contributed by atoms with E-state index in [1.54, 1.807) is 36.4 Å². The molecule has 4 atom stereocenters. The van der Waals surface area contributed by atoms with Crippen molar-refractivity contribution < 1.29 is 53.8 Å². The van der Waals surface area contributed by atoms with E-state index in [0.717, 1.165) is 89.8 Å². The fourth-order valence-electron chi connectivity index (χ4n) is 10.2. The summed E-state index contributed by atoms with van der Waals surface area (Å²) in [6.45, 7) is 3.67. The maximum absolute atomic E-state index is 13.8. The average Bonchev–Trinajstić information content (AvgIpc) is 3.98. The van der Waals surface area contributed by atoms with Gasteiger partial charge < -0.3 is 46.3 Å². The van der Waals surface area contributed by atoms with E-state index in [9.17, 15) is 44.3 Å². The number of nitrogens with one attached hydrogen (secondary N) is 5. The summed E-state index contributed by atoms with van der Waals surface area (Å²) in [6, 6.07) is 9.21. The van der Waals surface area contributed by atoms with Crippen molar-refractivity contribution in [3.05, 3.63) is 82.4 Å². The Balaban J connectivity index is 0.000000222. The van der Waals surface area contributed by atoms with Crippen molar-refractivity contribution in [1.82, 2.24) is 45.1 Å². The molecule has 0 bridgehead atoms. The highest BCUT2D eigenvalue weighted by Gasteiger charge is 2.39. The molecule has 2 aliphatic heterocycles. The number of hydrogen-bond acceptors (Lipinski definition) is 15. The van der Waals surface area contributed by atoms with Crippen LogP contribution in [0, 0.1) is 11.8 Å². The van der Waals surface area contributed by atoms with Crippen LogP contribution < -0.4 is 41.2 Å². The number of methoxy groups -OCH3 is 2. The SMILES string of the molecule is COc1cc(C(=O)NC2CCN(C)CC2)ccc1Nc1ncc(C(F)(F)F)c(C[C@@H]2CCC[C@H]2N)n1.COc1cc(C(=O)NC2CCN(C)CC2)ccc1Nc1ncc(C(F)(F)F)c(C[C@@H]2CCC[C@H]2NS(C)(=O)=O)n1. The van der Waals surface area contributed by atoms with Crippen LogP contribution in [0.3, 0.4) is 0 Å². The molecule has 2 saturated carbocycles. The Hall–Kier alpha value is -5.89. The molecule has 0 radical (unpaired) electrons. The van der Waals surface area contributed by atoms with Gasteiger partial charge in [-0.1, -0.05) is 12.8 Å². The molecule has 2 aromatic carbocycles. The molecule has 18 nitrogen and oxygen atoms in total. The van der Waals surface area contributed by atoms with Gasteiger partial charge in [0.1, 0.15) is 11.5 Å². The normalized spacial score (nSPS) is 21.1. The first-order chi connectivity index (χ1) is 36.0. The van der Waals surface area contributed by atoms with Crippen LogP contribution in [0.15, 0.2) is 48.8 Å². The zero-order valence-electron chi connectivity index (χ0n) is 43.3. The Morgan fingerprint density at radius 3 is 1.47 bits per heavy atom. The Labute approximate surface area is 439 Å². The van der Waals surface area contributed by atoms with Crippen molar-refractivity contribution in [3.63, 3.8) is 0 Å². The van der Waals surface area contributed by atoms with Gasteiger partial charge in [-0.25, -0.2) is 33.1 Å². The second-order valence-electron chi connectivity index (χ2n) is 20.2. The van der Waals surface area contributed by atoms with Crippen LogP contribution in [0.4, 0.5) is 49.6 Å². The molecule has 0 unspecified atom stereocenters. The first-order valence-corrected chi connectivity index (χ1v) is 27.3. The number of piperidine rings is 2. The lowest BCUT2D eigenvalue weighted by atomic mass is 9.96. The number of aromatic nitrogens is 4. The van der Waals surface area contributed by atoms with E-state index in [-0.39, 0.29) is 77.9 Å². The van der Waals surface area contributed by atoms with Gasteiger partial charge in [-0.05, 0) is 153 Å². The second kappa shape index (κ2) is 25.1. The van der Waals surface area contributed by atoms with Crippen LogP contribution in [0.1, 0.15) is 107 Å². The zero-order valence-corrected chi connectivity index (χ0v) is 44.1. The summed E-state index contributed by atoms with van der Waals surface area (Å²) < 4.78 is 119. The lowest BCUT2D eigenvalue weighted by molar-refractivity contribution is -0.139. The molecule has 4 fully saturated rings. The van der Waals surface area contributed by atoms with Gasteiger partial charge in [0, 0.05) is 47.7 Å². The highest BCUT2D eigenvalue weighted by molar-refractivity contribution is 7.88. The maximum Gasteiger partial charge on any atom is 0.419 e. The predicted octanol–water partition coefficient (Wildman–Crippen LogP) is 7.07. The molecular formula is C51H68F6N12O6S. The third kappa shape index (κ3) is 15.9. The first-order valence-electron chi connectivity index (χ1n) is 25.4. The summed E-state index contributed by atoms with van der Waals surface area (Å²) in [6.07, 6.45) is 1.21. The number of halogens is 6. The molecule has 2 aliphatic carbocycles. The molecule has 4 heterocycles. The minimum absolute atomic E-state index is 0.0198. The lowest BCUT2D eigenvalue weighted by Crippen LogP contribution is -2.43. The van der Waals surface area contributed by atoms with E-state index in [0.29, 0.717) is 53.3 Å². The molecule has 0 spiro atoms. The van der Waals surface area contributed by atoms with Crippen LogP contribution in [0.5, 0.6) is 11.5 Å². The fraction of sp³-hybridized carbons (Fsp3) is 0.569. The van der Waals surface area contributed by atoms with E-state index in [2.05, 4.69) is 62.8 Å². The highest BCUT2D eigenvalue weighted by atomic mass is 32.2. The number of carbonyl (C=O) groups is 2. The van der Waals surface area contributed by atoms with E-state index >= 15 is 0 Å². The Bertz CT molecular complexity index is 2760. The van der Waals surface area contributed by atoms with Crippen LogP contribution in [0.2, 0.25) is 0 Å². The predicted molar refractivity (Wildman–Crippen MR) is 274 cm³/mol. The summed E-state index contributed by atoms with van der Waals surface area (Å²) in [4.78, 5) is 46.2. The first kappa shape index (κ1) is 57.8. The standard InChI is InChI=1S/C26H35F3N6O4S.C25H33F3N6O2/c1-35-11-9-18(10-12-35)31-24(36)17-7-8-21(23(14-17)39-2)32-25-30-15-19(26(27,28)29)22(33-25)13-16-5-4-6-20(16)34-40(3,37)38;1-34-10-8-17(9-11-34)31-23(35)16-6-7-20(22(13-16)36-2)32-24-30-14-18(25(26,27)28)21(33-24)12-15-4-3-5-19(15)29/h7-8,14-16,18,20,34H,4-6,9-13H2,1-3H3,(H,31,36)(H,30,32,33);6-7,13-15,17,19H,3-5,8-12,29H2,1-2H3,(H,31,35)(H,30,32,33)/t16-,20+;15-,19+/m00/s1. The summed E-state index contributed by atoms with van der Waals surface area (Å²) >= 11 is 0. The van der Waals surface area contributed by atoms with Crippen molar-refractivity contribution in [2.45, 2.75) is 114 Å². The molecule has 4 aliphatic rings. The number of alkyl halides is 6. The summed E-state index contributed by atoms with van der Waals surface area (Å²) in [7, 11) is 3.47. The van der Waals surface area contributed by atoms with Crippen molar-refractivity contribution in [2.24, 2.45) is 17.6 Å². The van der Waals surface area contributed by atoms with Crippen LogP contribution in [-0.2, 0) is 35.2 Å².